The van der Waals surface area contributed by atoms with Gasteiger partial charge in [-0.3, -0.25) is 0 Å². The van der Waals surface area contributed by atoms with Crippen LogP contribution < -0.4 is 4.74 Å². The maximum Gasteiger partial charge on any atom is 0.173 e. The molecule has 2 aromatic heterocycles. The molecule has 1 atom stereocenters. The van der Waals surface area contributed by atoms with Gasteiger partial charge in [0.15, 0.2) is 11.6 Å². The summed E-state index contributed by atoms with van der Waals surface area (Å²) in [5.74, 6) is 2.29. The van der Waals surface area contributed by atoms with Crippen molar-refractivity contribution in [3.05, 3.63) is 48.6 Å². The fraction of sp³-hybridized carbons (Fsp3) is 0.412. The number of hydrogen-bond acceptors (Lipinski definition) is 6. The molecule has 1 saturated heterocycles. The Morgan fingerprint density at radius 1 is 1.28 bits per heavy atom. The molecule has 3 aromatic rings. The van der Waals surface area contributed by atoms with E-state index in [0.29, 0.717) is 12.4 Å². The number of rotatable bonds is 5. The third-order valence-electron chi connectivity index (χ3n) is 4.43. The van der Waals surface area contributed by atoms with Crippen LogP contribution in [0.3, 0.4) is 0 Å². The summed E-state index contributed by atoms with van der Waals surface area (Å²) in [5.41, 5.74) is 0.484. The van der Waals surface area contributed by atoms with Gasteiger partial charge >= 0.3 is 0 Å². The van der Waals surface area contributed by atoms with Crippen molar-refractivity contribution in [2.75, 3.05) is 13.7 Å². The highest BCUT2D eigenvalue weighted by Crippen LogP contribution is 2.35. The maximum atomic E-state index is 6.00. The lowest BCUT2D eigenvalue weighted by atomic mass is 10.0. The van der Waals surface area contributed by atoms with Gasteiger partial charge in [-0.15, -0.1) is 5.10 Å². The first kappa shape index (κ1) is 15.8. The van der Waals surface area contributed by atoms with Crippen molar-refractivity contribution in [1.82, 2.24) is 29.5 Å². The van der Waals surface area contributed by atoms with Crippen molar-refractivity contribution < 1.29 is 9.47 Å². The first-order valence-corrected chi connectivity index (χ1v) is 8.25. The van der Waals surface area contributed by atoms with Crippen molar-refractivity contribution in [3.8, 4) is 11.4 Å². The van der Waals surface area contributed by atoms with Crippen molar-refractivity contribution in [2.24, 2.45) is 0 Å². The first-order valence-electron chi connectivity index (χ1n) is 8.25. The summed E-state index contributed by atoms with van der Waals surface area (Å²) in [6, 6.07) is 7.76. The highest BCUT2D eigenvalue weighted by Gasteiger charge is 2.37. The average molecular weight is 340 g/mol. The average Bonchev–Trinajstić information content (AvgIpc) is 3.37. The van der Waals surface area contributed by atoms with Gasteiger partial charge in [0, 0.05) is 6.61 Å². The number of hydrogen-bond donors (Lipinski definition) is 0. The summed E-state index contributed by atoms with van der Waals surface area (Å²) < 4.78 is 14.8. The molecule has 4 rings (SSSR count). The zero-order valence-corrected chi connectivity index (χ0v) is 14.3. The Balaban J connectivity index is 1.75. The molecule has 0 spiro atoms. The second-order valence-corrected chi connectivity index (χ2v) is 6.24. The molecule has 0 amide bonds. The van der Waals surface area contributed by atoms with E-state index < -0.39 is 5.60 Å². The Hall–Kier alpha value is -2.74. The van der Waals surface area contributed by atoms with E-state index in [1.807, 2.05) is 28.9 Å². The molecule has 25 heavy (non-hydrogen) atoms. The minimum atomic E-state index is -0.437. The molecule has 8 nitrogen and oxygen atoms in total. The van der Waals surface area contributed by atoms with Gasteiger partial charge < -0.3 is 9.47 Å². The van der Waals surface area contributed by atoms with Crippen LogP contribution in [0.1, 0.15) is 31.4 Å². The lowest BCUT2D eigenvalue weighted by Gasteiger charge is -2.22. The zero-order valence-electron chi connectivity index (χ0n) is 14.3. The number of nitrogens with zero attached hydrogens (tertiary/aromatic N) is 6. The van der Waals surface area contributed by atoms with Gasteiger partial charge in [0.05, 0.1) is 12.8 Å². The Morgan fingerprint density at radius 2 is 2.12 bits per heavy atom. The Bertz CT molecular complexity index is 835. The topological polar surface area (TPSA) is 79.9 Å². The third-order valence-corrected chi connectivity index (χ3v) is 4.43. The van der Waals surface area contributed by atoms with Crippen molar-refractivity contribution in [3.63, 3.8) is 0 Å². The smallest absolute Gasteiger partial charge is 0.173 e. The molecular weight excluding hydrogens is 320 g/mol. The van der Waals surface area contributed by atoms with Gasteiger partial charge in [0.2, 0.25) is 0 Å². The SMILES string of the molecule is COc1ccc(-n2nc(Cn3cncn3)nc2C2(C)CCCO2)cc1. The summed E-state index contributed by atoms with van der Waals surface area (Å²) in [4.78, 5) is 8.73. The van der Waals surface area contributed by atoms with Crippen LogP contribution in [0.5, 0.6) is 5.75 Å². The zero-order chi connectivity index (χ0) is 17.3. The first-order chi connectivity index (χ1) is 12.2. The number of methoxy groups -OCH3 is 1. The second-order valence-electron chi connectivity index (χ2n) is 6.24. The standard InChI is InChI=1S/C17H20N6O2/c1-17(8-3-9-25-17)16-20-15(10-22-12-18-11-19-22)21-23(16)13-4-6-14(24-2)7-5-13/h4-7,11-12H,3,8-10H2,1-2H3. The van der Waals surface area contributed by atoms with E-state index in [9.17, 15) is 0 Å². The van der Waals surface area contributed by atoms with Gasteiger partial charge in [0.25, 0.3) is 0 Å². The van der Waals surface area contributed by atoms with Gasteiger partial charge in [-0.25, -0.2) is 19.3 Å². The molecule has 1 aromatic carbocycles. The number of benzene rings is 1. The molecule has 0 bridgehead atoms. The monoisotopic (exact) mass is 340 g/mol. The van der Waals surface area contributed by atoms with Crippen LogP contribution in [-0.4, -0.2) is 43.2 Å². The summed E-state index contributed by atoms with van der Waals surface area (Å²) in [5, 5.41) is 8.83. The van der Waals surface area contributed by atoms with E-state index in [2.05, 4.69) is 17.0 Å². The van der Waals surface area contributed by atoms with Crippen LogP contribution in [0.4, 0.5) is 0 Å². The highest BCUT2D eigenvalue weighted by atomic mass is 16.5. The van der Waals surface area contributed by atoms with Gasteiger partial charge in [-0.05, 0) is 44.0 Å². The summed E-state index contributed by atoms with van der Waals surface area (Å²) in [6.07, 6.45) is 5.10. The maximum absolute atomic E-state index is 6.00. The Kier molecular flexibility index (Phi) is 3.96. The van der Waals surface area contributed by atoms with Crippen LogP contribution >= 0.6 is 0 Å². The molecule has 1 aliphatic heterocycles. The molecule has 8 heteroatoms. The molecule has 0 N–H and O–H groups in total. The molecule has 1 aliphatic rings. The predicted molar refractivity (Wildman–Crippen MR) is 89.6 cm³/mol. The van der Waals surface area contributed by atoms with E-state index in [0.717, 1.165) is 36.7 Å². The summed E-state index contributed by atoms with van der Waals surface area (Å²) in [6.45, 7) is 3.28. The minimum Gasteiger partial charge on any atom is -0.497 e. The van der Waals surface area contributed by atoms with Crippen molar-refractivity contribution in [2.45, 2.75) is 31.9 Å². The molecule has 1 fully saturated rings. The Labute approximate surface area is 145 Å². The van der Waals surface area contributed by atoms with Crippen LogP contribution in [0, 0.1) is 0 Å². The van der Waals surface area contributed by atoms with Crippen LogP contribution in [0.15, 0.2) is 36.9 Å². The summed E-state index contributed by atoms with van der Waals surface area (Å²) in [7, 11) is 1.65. The second kappa shape index (κ2) is 6.29. The minimum absolute atomic E-state index is 0.437. The van der Waals surface area contributed by atoms with Crippen molar-refractivity contribution >= 4 is 0 Å². The van der Waals surface area contributed by atoms with Crippen molar-refractivity contribution in [1.29, 1.82) is 0 Å². The van der Waals surface area contributed by atoms with E-state index in [1.54, 1.807) is 18.1 Å². The number of ether oxygens (including phenoxy) is 2. The Morgan fingerprint density at radius 3 is 2.76 bits per heavy atom. The van der Waals surface area contributed by atoms with Gasteiger partial charge in [-0.1, -0.05) is 0 Å². The summed E-state index contributed by atoms with van der Waals surface area (Å²) >= 11 is 0. The van der Waals surface area contributed by atoms with Gasteiger partial charge in [-0.2, -0.15) is 5.10 Å². The quantitative estimate of drug-likeness (QED) is 0.706. The van der Waals surface area contributed by atoms with Gasteiger partial charge in [0.1, 0.15) is 30.5 Å². The van der Waals surface area contributed by atoms with Crippen LogP contribution in [-0.2, 0) is 16.9 Å². The number of aromatic nitrogens is 6. The van der Waals surface area contributed by atoms with Crippen LogP contribution in [0.25, 0.3) is 5.69 Å². The lowest BCUT2D eigenvalue weighted by molar-refractivity contribution is 0.00761. The fourth-order valence-corrected chi connectivity index (χ4v) is 3.08. The molecule has 130 valence electrons. The van der Waals surface area contributed by atoms with E-state index in [1.165, 1.54) is 6.33 Å². The highest BCUT2D eigenvalue weighted by molar-refractivity contribution is 5.38. The van der Waals surface area contributed by atoms with E-state index in [-0.39, 0.29) is 0 Å². The molecule has 1 unspecified atom stereocenters. The fourth-order valence-electron chi connectivity index (χ4n) is 3.08. The molecule has 3 heterocycles. The molecule has 0 radical (unpaired) electrons. The largest absolute Gasteiger partial charge is 0.497 e. The molecule has 0 aliphatic carbocycles. The lowest BCUT2D eigenvalue weighted by Crippen LogP contribution is -2.25. The molecular formula is C17H20N6O2. The molecule has 0 saturated carbocycles. The normalized spacial score (nSPS) is 20.1. The third kappa shape index (κ3) is 3.00. The van der Waals surface area contributed by atoms with E-state index in [4.69, 9.17) is 19.6 Å². The van der Waals surface area contributed by atoms with E-state index >= 15 is 0 Å². The van der Waals surface area contributed by atoms with Crippen LogP contribution in [0.2, 0.25) is 0 Å². The predicted octanol–water partition coefficient (Wildman–Crippen LogP) is 1.94.